The lowest BCUT2D eigenvalue weighted by Crippen LogP contribution is -2.47. The van der Waals surface area contributed by atoms with Crippen LogP contribution in [0, 0.1) is 5.92 Å². The average molecular weight is 374 g/mol. The van der Waals surface area contributed by atoms with Crippen LogP contribution in [0.5, 0.6) is 0 Å². The van der Waals surface area contributed by atoms with Crippen LogP contribution in [0.4, 0.5) is 5.69 Å². The van der Waals surface area contributed by atoms with Crippen molar-refractivity contribution in [3.8, 4) is 0 Å². The van der Waals surface area contributed by atoms with Crippen LogP contribution in [0.25, 0.3) is 0 Å². The van der Waals surface area contributed by atoms with Crippen molar-refractivity contribution < 1.29 is 4.79 Å². The minimum absolute atomic E-state index is 0.0986. The Morgan fingerprint density at radius 3 is 2.41 bits per heavy atom. The van der Waals surface area contributed by atoms with Crippen molar-refractivity contribution in [2.24, 2.45) is 16.6 Å². The highest BCUT2D eigenvalue weighted by Crippen LogP contribution is 2.17. The van der Waals surface area contributed by atoms with E-state index in [4.69, 9.17) is 5.73 Å². The van der Waals surface area contributed by atoms with Crippen LogP contribution < -0.4 is 16.4 Å². The molecule has 0 aliphatic carbocycles. The molecule has 27 heavy (non-hydrogen) atoms. The Morgan fingerprint density at radius 2 is 1.85 bits per heavy atom. The smallest absolute Gasteiger partial charge is 0.234 e. The van der Waals surface area contributed by atoms with Gasteiger partial charge in [-0.25, -0.2) is 0 Å². The molecule has 150 valence electrons. The normalized spacial score (nSPS) is 17.0. The summed E-state index contributed by atoms with van der Waals surface area (Å²) in [4.78, 5) is 18.8. The average Bonchev–Trinajstić information content (AvgIpc) is 2.60. The summed E-state index contributed by atoms with van der Waals surface area (Å²) in [5.74, 6) is 1.09. The van der Waals surface area contributed by atoms with Crippen molar-refractivity contribution in [1.29, 1.82) is 0 Å². The number of carbonyl (C=O) groups excluding carboxylic acids is 1. The lowest BCUT2D eigenvalue weighted by atomic mass is 9.97. The van der Waals surface area contributed by atoms with E-state index < -0.39 is 0 Å². The third kappa shape index (κ3) is 7.99. The van der Waals surface area contributed by atoms with Crippen LogP contribution >= 0.6 is 0 Å². The number of benzene rings is 1. The molecule has 1 heterocycles. The van der Waals surface area contributed by atoms with Crippen molar-refractivity contribution in [2.75, 3.05) is 31.5 Å². The lowest BCUT2D eigenvalue weighted by molar-refractivity contribution is -0.124. The van der Waals surface area contributed by atoms with Gasteiger partial charge in [0.1, 0.15) is 0 Å². The highest BCUT2D eigenvalue weighted by Gasteiger charge is 2.22. The van der Waals surface area contributed by atoms with Crippen LogP contribution in [-0.4, -0.2) is 48.5 Å². The number of aliphatic imine (C=N–C) groups is 1. The zero-order chi connectivity index (χ0) is 19.9. The number of anilines is 1. The second-order valence-electron chi connectivity index (χ2n) is 8.42. The molecule has 4 N–H and O–H groups in total. The molecule has 1 aromatic carbocycles. The summed E-state index contributed by atoms with van der Waals surface area (Å²) in [7, 11) is 0. The van der Waals surface area contributed by atoms with Crippen molar-refractivity contribution >= 4 is 17.6 Å². The molecule has 1 saturated heterocycles. The second-order valence-corrected chi connectivity index (χ2v) is 8.42. The molecular formula is C21H35N5O. The number of rotatable bonds is 6. The van der Waals surface area contributed by atoms with E-state index in [2.05, 4.69) is 39.6 Å². The van der Waals surface area contributed by atoms with Crippen molar-refractivity contribution in [3.63, 3.8) is 0 Å². The maximum absolute atomic E-state index is 12.0. The van der Waals surface area contributed by atoms with Crippen LogP contribution in [0.2, 0.25) is 0 Å². The Balaban J connectivity index is 1.71. The van der Waals surface area contributed by atoms with Crippen LogP contribution in [0.15, 0.2) is 29.3 Å². The molecule has 0 saturated carbocycles. The van der Waals surface area contributed by atoms with Gasteiger partial charge in [0.25, 0.3) is 0 Å². The fraction of sp³-hybridized carbons (Fsp3) is 0.619. The maximum atomic E-state index is 12.0. The molecule has 1 amide bonds. The minimum Gasteiger partial charge on any atom is -0.370 e. The molecule has 1 fully saturated rings. The van der Waals surface area contributed by atoms with E-state index in [0.29, 0.717) is 18.4 Å². The van der Waals surface area contributed by atoms with Crippen molar-refractivity contribution in [1.82, 2.24) is 10.2 Å². The van der Waals surface area contributed by atoms with Gasteiger partial charge < -0.3 is 16.4 Å². The van der Waals surface area contributed by atoms with Gasteiger partial charge in [0.2, 0.25) is 5.91 Å². The Labute approximate surface area is 163 Å². The largest absolute Gasteiger partial charge is 0.370 e. The first-order valence-corrected chi connectivity index (χ1v) is 9.94. The number of piperidine rings is 1. The van der Waals surface area contributed by atoms with E-state index in [1.165, 1.54) is 5.56 Å². The standard InChI is InChI=1S/C21H35N5O/c1-5-16-6-8-18(9-7-16)24-20(22)23-14-17-10-12-26(13-11-17)15-19(27)25-21(2,3)4/h6-9,17H,5,10-15H2,1-4H3,(H,25,27)(H3,22,23,24). The molecule has 2 rings (SSSR count). The van der Waals surface area contributed by atoms with Gasteiger partial charge in [-0.2, -0.15) is 0 Å². The van der Waals surface area contributed by atoms with E-state index in [0.717, 1.165) is 44.6 Å². The quantitative estimate of drug-likeness (QED) is 0.529. The molecule has 0 radical (unpaired) electrons. The molecule has 0 atom stereocenters. The molecule has 1 aliphatic rings. The number of amides is 1. The van der Waals surface area contributed by atoms with Gasteiger partial charge in [0.05, 0.1) is 6.54 Å². The van der Waals surface area contributed by atoms with Gasteiger partial charge in [-0.05, 0) is 76.7 Å². The Morgan fingerprint density at radius 1 is 1.22 bits per heavy atom. The first-order valence-electron chi connectivity index (χ1n) is 9.94. The van der Waals surface area contributed by atoms with Gasteiger partial charge in [-0.3, -0.25) is 14.7 Å². The minimum atomic E-state index is -0.175. The monoisotopic (exact) mass is 373 g/mol. The SMILES string of the molecule is CCc1ccc(NC(N)=NCC2CCN(CC(=O)NC(C)(C)C)CC2)cc1. The Bertz CT molecular complexity index is 625. The first-order chi connectivity index (χ1) is 12.7. The first kappa shape index (κ1) is 21.2. The van der Waals surface area contributed by atoms with Gasteiger partial charge >= 0.3 is 0 Å². The Kier molecular flexibility index (Phi) is 7.66. The predicted molar refractivity (Wildman–Crippen MR) is 113 cm³/mol. The molecule has 0 aromatic heterocycles. The molecule has 1 aromatic rings. The summed E-state index contributed by atoms with van der Waals surface area (Å²) in [6.45, 7) is 11.2. The third-order valence-corrected chi connectivity index (χ3v) is 4.74. The summed E-state index contributed by atoms with van der Waals surface area (Å²) < 4.78 is 0. The number of guanidine groups is 1. The second kappa shape index (κ2) is 9.74. The number of nitrogens with zero attached hydrogens (tertiary/aromatic N) is 2. The number of nitrogens with two attached hydrogens (primary N) is 1. The Hall–Kier alpha value is -2.08. The number of aryl methyl sites for hydroxylation is 1. The van der Waals surface area contributed by atoms with Crippen LogP contribution in [0.1, 0.15) is 46.1 Å². The fourth-order valence-electron chi connectivity index (χ4n) is 3.23. The van der Waals surface area contributed by atoms with Gasteiger partial charge in [0, 0.05) is 17.8 Å². The zero-order valence-corrected chi connectivity index (χ0v) is 17.2. The third-order valence-electron chi connectivity index (χ3n) is 4.74. The van der Waals surface area contributed by atoms with Gasteiger partial charge in [-0.1, -0.05) is 19.1 Å². The number of nitrogens with one attached hydrogen (secondary N) is 2. The summed E-state index contributed by atoms with van der Waals surface area (Å²) in [5, 5.41) is 6.17. The van der Waals surface area contributed by atoms with Crippen LogP contribution in [-0.2, 0) is 11.2 Å². The van der Waals surface area contributed by atoms with E-state index >= 15 is 0 Å². The topological polar surface area (TPSA) is 82.8 Å². The molecule has 6 heteroatoms. The molecule has 0 spiro atoms. The summed E-state index contributed by atoms with van der Waals surface area (Å²) in [6, 6.07) is 8.26. The molecule has 0 bridgehead atoms. The van der Waals surface area contributed by atoms with Gasteiger partial charge in [-0.15, -0.1) is 0 Å². The van der Waals surface area contributed by atoms with E-state index in [-0.39, 0.29) is 11.4 Å². The predicted octanol–water partition coefficient (Wildman–Crippen LogP) is 2.60. The van der Waals surface area contributed by atoms with Crippen LogP contribution in [0.3, 0.4) is 0 Å². The summed E-state index contributed by atoms with van der Waals surface area (Å²) in [5.41, 5.74) is 8.12. The molecular weight excluding hydrogens is 338 g/mol. The number of hydrogen-bond donors (Lipinski definition) is 3. The van der Waals surface area contributed by atoms with E-state index in [1.54, 1.807) is 0 Å². The number of hydrogen-bond acceptors (Lipinski definition) is 3. The molecule has 1 aliphatic heterocycles. The van der Waals surface area contributed by atoms with E-state index in [9.17, 15) is 4.79 Å². The summed E-state index contributed by atoms with van der Waals surface area (Å²) >= 11 is 0. The van der Waals surface area contributed by atoms with Crippen molar-refractivity contribution in [3.05, 3.63) is 29.8 Å². The van der Waals surface area contributed by atoms with Gasteiger partial charge in [0.15, 0.2) is 5.96 Å². The molecule has 0 unspecified atom stereocenters. The summed E-state index contributed by atoms with van der Waals surface area (Å²) in [6.07, 6.45) is 3.12. The fourth-order valence-corrected chi connectivity index (χ4v) is 3.23. The lowest BCUT2D eigenvalue weighted by Gasteiger charge is -2.31. The maximum Gasteiger partial charge on any atom is 0.234 e. The van der Waals surface area contributed by atoms with E-state index in [1.807, 2.05) is 32.9 Å². The zero-order valence-electron chi connectivity index (χ0n) is 17.2. The molecule has 6 nitrogen and oxygen atoms in total. The number of likely N-dealkylation sites (tertiary alicyclic amines) is 1. The number of carbonyl (C=O) groups is 1. The highest BCUT2D eigenvalue weighted by atomic mass is 16.2. The van der Waals surface area contributed by atoms with Crippen molar-refractivity contribution in [2.45, 2.75) is 52.5 Å². The highest BCUT2D eigenvalue weighted by molar-refractivity contribution is 5.92.